The van der Waals surface area contributed by atoms with Crippen molar-refractivity contribution in [3.8, 4) is 0 Å². The summed E-state index contributed by atoms with van der Waals surface area (Å²) in [6, 6.07) is 0. The quantitative estimate of drug-likeness (QED) is 0.348. The van der Waals surface area contributed by atoms with Gasteiger partial charge in [-0.3, -0.25) is 0 Å². The van der Waals surface area contributed by atoms with Crippen LogP contribution in [-0.4, -0.2) is 59.9 Å². The van der Waals surface area contributed by atoms with E-state index >= 15 is 0 Å². The van der Waals surface area contributed by atoms with Gasteiger partial charge in [0.05, 0.1) is 26.4 Å². The molecular formula is C12H29NO4. The average Bonchev–Trinajstić information content (AvgIpc) is 2.32. The monoisotopic (exact) mass is 251 g/mol. The molecule has 0 fully saturated rings. The highest BCUT2D eigenvalue weighted by molar-refractivity contribution is 4.52. The Morgan fingerprint density at radius 2 is 1.00 bits per heavy atom. The SMILES string of the molecule is C=CC.C=CC.OCCNCCO.OCCO. The molecule has 0 unspecified atom stereocenters. The van der Waals surface area contributed by atoms with E-state index in [1.807, 2.05) is 13.8 Å². The summed E-state index contributed by atoms with van der Waals surface area (Å²) >= 11 is 0. The molecule has 0 amide bonds. The molecule has 0 aliphatic heterocycles. The minimum atomic E-state index is -0.125. The van der Waals surface area contributed by atoms with Gasteiger partial charge in [-0.05, 0) is 13.8 Å². The van der Waals surface area contributed by atoms with Gasteiger partial charge in [-0.2, -0.15) is 0 Å². The maximum Gasteiger partial charge on any atom is 0.0662 e. The van der Waals surface area contributed by atoms with Crippen LogP contribution < -0.4 is 5.32 Å². The molecule has 0 aromatic carbocycles. The van der Waals surface area contributed by atoms with E-state index in [-0.39, 0.29) is 26.4 Å². The molecule has 0 bridgehead atoms. The lowest BCUT2D eigenvalue weighted by Crippen LogP contribution is -2.21. The van der Waals surface area contributed by atoms with Crippen molar-refractivity contribution in [3.63, 3.8) is 0 Å². The molecule has 0 aromatic rings. The van der Waals surface area contributed by atoms with E-state index < -0.39 is 0 Å². The molecule has 0 radical (unpaired) electrons. The van der Waals surface area contributed by atoms with Crippen LogP contribution in [0.15, 0.2) is 25.3 Å². The van der Waals surface area contributed by atoms with E-state index in [0.29, 0.717) is 13.1 Å². The molecule has 0 spiro atoms. The fraction of sp³-hybridized carbons (Fsp3) is 0.667. The van der Waals surface area contributed by atoms with Crippen molar-refractivity contribution in [1.29, 1.82) is 0 Å². The lowest BCUT2D eigenvalue weighted by molar-refractivity contribution is 0.186. The Labute approximate surface area is 105 Å². The molecule has 17 heavy (non-hydrogen) atoms. The topological polar surface area (TPSA) is 93.0 Å². The van der Waals surface area contributed by atoms with E-state index in [4.69, 9.17) is 20.4 Å². The Morgan fingerprint density at radius 1 is 0.765 bits per heavy atom. The fourth-order valence-electron chi connectivity index (χ4n) is 0.283. The first-order valence-corrected chi connectivity index (χ1v) is 5.44. The molecule has 5 N–H and O–H groups in total. The van der Waals surface area contributed by atoms with Gasteiger partial charge in [0.15, 0.2) is 0 Å². The van der Waals surface area contributed by atoms with Crippen molar-refractivity contribution >= 4 is 0 Å². The van der Waals surface area contributed by atoms with Crippen LogP contribution in [0.2, 0.25) is 0 Å². The number of aliphatic hydroxyl groups is 4. The second-order valence-electron chi connectivity index (χ2n) is 2.46. The van der Waals surface area contributed by atoms with Gasteiger partial charge in [-0.25, -0.2) is 0 Å². The third kappa shape index (κ3) is 147. The van der Waals surface area contributed by atoms with Crippen molar-refractivity contribution in [2.45, 2.75) is 13.8 Å². The van der Waals surface area contributed by atoms with Crippen LogP contribution in [0.4, 0.5) is 0 Å². The van der Waals surface area contributed by atoms with Crippen LogP contribution in [0.3, 0.4) is 0 Å². The third-order valence-electron chi connectivity index (χ3n) is 0.677. The van der Waals surface area contributed by atoms with Gasteiger partial charge in [-0.15, -0.1) is 13.2 Å². The van der Waals surface area contributed by atoms with E-state index in [1.165, 1.54) is 0 Å². The van der Waals surface area contributed by atoms with Gasteiger partial charge in [-0.1, -0.05) is 12.2 Å². The summed E-state index contributed by atoms with van der Waals surface area (Å²) in [5, 5.41) is 34.3. The van der Waals surface area contributed by atoms with E-state index in [9.17, 15) is 0 Å². The first-order chi connectivity index (χ1) is 8.16. The lowest BCUT2D eigenvalue weighted by atomic mass is 10.6. The van der Waals surface area contributed by atoms with Gasteiger partial charge in [0.2, 0.25) is 0 Å². The van der Waals surface area contributed by atoms with Crippen molar-refractivity contribution in [3.05, 3.63) is 25.3 Å². The number of hydrogen-bond acceptors (Lipinski definition) is 5. The zero-order valence-corrected chi connectivity index (χ0v) is 11.1. The minimum Gasteiger partial charge on any atom is -0.395 e. The molecule has 0 saturated carbocycles. The van der Waals surface area contributed by atoms with Gasteiger partial charge >= 0.3 is 0 Å². The lowest BCUT2D eigenvalue weighted by Gasteiger charge is -1.94. The predicted octanol–water partition coefficient (Wildman–Crippen LogP) is -0.0838. The molecular weight excluding hydrogens is 222 g/mol. The average molecular weight is 251 g/mol. The molecule has 0 aliphatic rings. The van der Waals surface area contributed by atoms with E-state index in [1.54, 1.807) is 12.2 Å². The second kappa shape index (κ2) is 45.4. The van der Waals surface area contributed by atoms with Crippen LogP contribution in [0.5, 0.6) is 0 Å². The molecule has 0 aliphatic carbocycles. The molecule has 106 valence electrons. The van der Waals surface area contributed by atoms with Gasteiger partial charge in [0.25, 0.3) is 0 Å². The van der Waals surface area contributed by atoms with Gasteiger partial charge < -0.3 is 25.7 Å². The summed E-state index contributed by atoms with van der Waals surface area (Å²) in [5.41, 5.74) is 0. The molecule has 0 saturated heterocycles. The first-order valence-electron chi connectivity index (χ1n) is 5.44. The summed E-state index contributed by atoms with van der Waals surface area (Å²) < 4.78 is 0. The maximum atomic E-state index is 8.15. The molecule has 0 atom stereocenters. The Balaban J connectivity index is -0.0000000726. The maximum absolute atomic E-state index is 8.15. The van der Waals surface area contributed by atoms with Crippen LogP contribution >= 0.6 is 0 Å². The smallest absolute Gasteiger partial charge is 0.0662 e. The van der Waals surface area contributed by atoms with Crippen molar-refractivity contribution in [1.82, 2.24) is 5.32 Å². The highest BCUT2D eigenvalue weighted by Gasteiger charge is 1.78. The van der Waals surface area contributed by atoms with Crippen molar-refractivity contribution in [2.75, 3.05) is 39.5 Å². The van der Waals surface area contributed by atoms with Crippen LogP contribution in [0.25, 0.3) is 0 Å². The zero-order chi connectivity index (χ0) is 14.4. The summed E-state index contributed by atoms with van der Waals surface area (Å²) in [7, 11) is 0. The Morgan fingerprint density at radius 3 is 1.12 bits per heavy atom. The molecule has 5 heteroatoms. The van der Waals surface area contributed by atoms with Gasteiger partial charge in [0.1, 0.15) is 0 Å². The highest BCUT2D eigenvalue weighted by Crippen LogP contribution is 1.54. The zero-order valence-electron chi connectivity index (χ0n) is 11.1. The second-order valence-corrected chi connectivity index (χ2v) is 2.46. The summed E-state index contributed by atoms with van der Waals surface area (Å²) in [5.74, 6) is 0. The van der Waals surface area contributed by atoms with Gasteiger partial charge in [0, 0.05) is 13.1 Å². The fourth-order valence-corrected chi connectivity index (χ4v) is 0.283. The summed E-state index contributed by atoms with van der Waals surface area (Å²) in [4.78, 5) is 0. The Kier molecular flexibility index (Phi) is 67.4. The Bertz CT molecular complexity index is 98.7. The normalized spacial score (nSPS) is 7.18. The standard InChI is InChI=1S/C4H11NO2.2C3H6.C2H6O2/c6-3-1-5-2-4-7;2*1-3-2;3-1-2-4/h5-7H,1-4H2;2*3H,1H2,2H3;3-4H,1-2H2. The molecule has 0 rings (SSSR count). The molecule has 0 heterocycles. The van der Waals surface area contributed by atoms with Crippen LogP contribution in [-0.2, 0) is 0 Å². The molecule has 5 nitrogen and oxygen atoms in total. The number of nitrogens with one attached hydrogen (secondary N) is 1. The highest BCUT2D eigenvalue weighted by atomic mass is 16.3. The summed E-state index contributed by atoms with van der Waals surface area (Å²) in [6.07, 6.45) is 3.50. The minimum absolute atomic E-state index is 0.125. The van der Waals surface area contributed by atoms with Crippen molar-refractivity contribution < 1.29 is 20.4 Å². The number of rotatable bonds is 5. The number of hydrogen-bond donors (Lipinski definition) is 5. The number of aliphatic hydroxyl groups excluding tert-OH is 4. The first kappa shape index (κ1) is 25.2. The number of allylic oxidation sites excluding steroid dienone is 2. The third-order valence-corrected chi connectivity index (χ3v) is 0.677. The summed E-state index contributed by atoms with van der Waals surface area (Å²) in [6.45, 7) is 11.7. The Hall–Kier alpha value is -0.720. The van der Waals surface area contributed by atoms with E-state index in [2.05, 4.69) is 18.5 Å². The predicted molar refractivity (Wildman–Crippen MR) is 73.0 cm³/mol. The molecule has 0 aromatic heterocycles. The van der Waals surface area contributed by atoms with Crippen molar-refractivity contribution in [2.24, 2.45) is 0 Å². The van der Waals surface area contributed by atoms with Crippen LogP contribution in [0, 0.1) is 0 Å². The van der Waals surface area contributed by atoms with Crippen LogP contribution in [0.1, 0.15) is 13.8 Å². The van der Waals surface area contributed by atoms with E-state index in [0.717, 1.165) is 0 Å². The largest absolute Gasteiger partial charge is 0.395 e.